The third-order valence-electron chi connectivity index (χ3n) is 4.34. The lowest BCUT2D eigenvalue weighted by Gasteiger charge is -2.08. The van der Waals surface area contributed by atoms with Gasteiger partial charge in [-0.25, -0.2) is 9.67 Å². The van der Waals surface area contributed by atoms with E-state index in [1.54, 1.807) is 16.8 Å². The van der Waals surface area contributed by atoms with Crippen molar-refractivity contribution in [2.75, 3.05) is 6.54 Å². The Kier molecular flexibility index (Phi) is 6.01. The van der Waals surface area contributed by atoms with Crippen LogP contribution >= 0.6 is 0 Å². The van der Waals surface area contributed by atoms with Crippen LogP contribution in [0.5, 0.6) is 0 Å². The molecule has 2 aromatic heterocycles. The number of aromatic nitrogens is 4. The first-order valence-corrected chi connectivity index (χ1v) is 9.26. The Morgan fingerprint density at radius 2 is 2.14 bits per heavy atom. The number of carbonyl (C=O) groups excluding carboxylic acids is 1. The van der Waals surface area contributed by atoms with Gasteiger partial charge in [0, 0.05) is 25.1 Å². The number of carbonyl (C=O) groups is 1. The summed E-state index contributed by atoms with van der Waals surface area (Å²) in [5.74, 6) is 0.260. The van der Waals surface area contributed by atoms with E-state index in [-0.39, 0.29) is 29.6 Å². The second kappa shape index (κ2) is 8.63. The van der Waals surface area contributed by atoms with E-state index in [0.717, 1.165) is 0 Å². The van der Waals surface area contributed by atoms with Crippen LogP contribution in [0.25, 0.3) is 11.0 Å². The van der Waals surface area contributed by atoms with Crippen molar-refractivity contribution in [1.82, 2.24) is 24.6 Å². The molecule has 1 aromatic carbocycles. The first-order chi connectivity index (χ1) is 13.8. The minimum atomic E-state index is -0.475. The largest absolute Gasteiger partial charge is 0.354 e. The van der Waals surface area contributed by atoms with Crippen LogP contribution in [0, 0.1) is 16.0 Å². The second-order valence-electron chi connectivity index (χ2n) is 7.16. The van der Waals surface area contributed by atoms with Gasteiger partial charge in [0.1, 0.15) is 11.7 Å². The van der Waals surface area contributed by atoms with Gasteiger partial charge < -0.3 is 5.32 Å². The smallest absolute Gasteiger partial charge is 0.269 e. The maximum Gasteiger partial charge on any atom is 0.269 e. The highest BCUT2D eigenvalue weighted by Crippen LogP contribution is 2.14. The zero-order chi connectivity index (χ0) is 21.0. The van der Waals surface area contributed by atoms with E-state index < -0.39 is 4.92 Å². The number of nitro benzene ring substituents is 1. The molecule has 1 amide bonds. The van der Waals surface area contributed by atoms with Gasteiger partial charge in [-0.2, -0.15) is 5.10 Å². The van der Waals surface area contributed by atoms with Crippen molar-refractivity contribution >= 4 is 22.6 Å². The number of nitrogens with one attached hydrogen (secondary N) is 1. The van der Waals surface area contributed by atoms with Gasteiger partial charge in [0.2, 0.25) is 5.91 Å². The molecule has 0 saturated carbocycles. The Bertz CT molecular complexity index is 1100. The van der Waals surface area contributed by atoms with Gasteiger partial charge >= 0.3 is 0 Å². The van der Waals surface area contributed by atoms with E-state index in [0.29, 0.717) is 36.1 Å². The summed E-state index contributed by atoms with van der Waals surface area (Å²) in [4.78, 5) is 39.2. The van der Waals surface area contributed by atoms with E-state index >= 15 is 0 Å². The molecule has 0 atom stereocenters. The normalized spacial score (nSPS) is 11.1. The van der Waals surface area contributed by atoms with Gasteiger partial charge in [-0.05, 0) is 11.5 Å². The maximum atomic E-state index is 12.7. The first kappa shape index (κ1) is 20.2. The summed E-state index contributed by atoms with van der Waals surface area (Å²) in [6.07, 6.45) is 3.31. The molecule has 0 aliphatic carbocycles. The second-order valence-corrected chi connectivity index (χ2v) is 7.16. The molecular formula is C19H22N6O4. The van der Waals surface area contributed by atoms with Gasteiger partial charge in [-0.3, -0.25) is 24.3 Å². The van der Waals surface area contributed by atoms with Crippen LogP contribution in [0.1, 0.15) is 25.8 Å². The highest BCUT2D eigenvalue weighted by atomic mass is 16.6. The lowest BCUT2D eigenvalue weighted by molar-refractivity contribution is -0.384. The lowest BCUT2D eigenvalue weighted by Crippen LogP contribution is -2.28. The molecule has 1 N–H and O–H groups in total. The zero-order valence-electron chi connectivity index (χ0n) is 16.2. The van der Waals surface area contributed by atoms with Gasteiger partial charge in [0.25, 0.3) is 11.2 Å². The van der Waals surface area contributed by atoms with Crippen molar-refractivity contribution in [2.45, 2.75) is 33.4 Å². The van der Waals surface area contributed by atoms with Crippen LogP contribution in [0.2, 0.25) is 0 Å². The Labute approximate surface area is 166 Å². The summed E-state index contributed by atoms with van der Waals surface area (Å²) in [5.41, 5.74) is 0.750. The number of amides is 1. The third-order valence-corrected chi connectivity index (χ3v) is 4.34. The zero-order valence-corrected chi connectivity index (χ0v) is 16.2. The fourth-order valence-corrected chi connectivity index (χ4v) is 2.98. The molecule has 0 radical (unpaired) electrons. The molecule has 0 bridgehead atoms. The molecule has 152 valence electrons. The minimum Gasteiger partial charge on any atom is -0.354 e. The van der Waals surface area contributed by atoms with Crippen molar-refractivity contribution in [3.8, 4) is 0 Å². The standard InChI is InChI=1S/C19H22N6O4/c1-13(2)8-17(26)20-6-7-24-18-16(10-22-24)19(27)23(12-21-18)11-14-4-3-5-15(9-14)25(28)29/h3-5,9-10,12-13H,6-8,11H2,1-2H3,(H,20,26). The van der Waals surface area contributed by atoms with E-state index in [2.05, 4.69) is 15.4 Å². The molecule has 0 saturated heterocycles. The van der Waals surface area contributed by atoms with Crippen LogP contribution in [-0.2, 0) is 17.9 Å². The molecule has 2 heterocycles. The monoisotopic (exact) mass is 398 g/mol. The highest BCUT2D eigenvalue weighted by molar-refractivity contribution is 5.76. The van der Waals surface area contributed by atoms with Crippen molar-refractivity contribution < 1.29 is 9.72 Å². The van der Waals surface area contributed by atoms with Gasteiger partial charge in [0.05, 0.1) is 24.2 Å². The van der Waals surface area contributed by atoms with Crippen molar-refractivity contribution in [3.63, 3.8) is 0 Å². The van der Waals surface area contributed by atoms with E-state index in [1.807, 2.05) is 13.8 Å². The van der Waals surface area contributed by atoms with Gasteiger partial charge in [-0.1, -0.05) is 26.0 Å². The molecule has 0 unspecified atom stereocenters. The Morgan fingerprint density at radius 1 is 1.34 bits per heavy atom. The minimum absolute atomic E-state index is 0.0243. The number of hydrogen-bond donors (Lipinski definition) is 1. The summed E-state index contributed by atoms with van der Waals surface area (Å²) in [6.45, 7) is 4.90. The van der Waals surface area contributed by atoms with Crippen molar-refractivity contribution in [1.29, 1.82) is 0 Å². The SMILES string of the molecule is CC(C)CC(=O)NCCn1ncc2c(=O)n(Cc3cccc([N+](=O)[O-])c3)cnc21. The molecule has 29 heavy (non-hydrogen) atoms. The molecule has 3 aromatic rings. The van der Waals surface area contributed by atoms with E-state index in [1.165, 1.54) is 29.2 Å². The van der Waals surface area contributed by atoms with Crippen LogP contribution in [-0.4, -0.2) is 36.7 Å². The fourth-order valence-electron chi connectivity index (χ4n) is 2.98. The summed E-state index contributed by atoms with van der Waals surface area (Å²) in [6, 6.07) is 6.13. The number of fused-ring (bicyclic) bond motifs is 1. The molecule has 0 aliphatic heterocycles. The van der Waals surface area contributed by atoms with Gasteiger partial charge in [0.15, 0.2) is 5.65 Å². The average molecular weight is 398 g/mol. The maximum absolute atomic E-state index is 12.7. The summed E-state index contributed by atoms with van der Waals surface area (Å²) >= 11 is 0. The van der Waals surface area contributed by atoms with Crippen LogP contribution in [0.4, 0.5) is 5.69 Å². The third kappa shape index (κ3) is 4.84. The molecular weight excluding hydrogens is 376 g/mol. The number of hydrogen-bond acceptors (Lipinski definition) is 6. The molecule has 3 rings (SSSR count). The average Bonchev–Trinajstić information content (AvgIpc) is 3.07. The Morgan fingerprint density at radius 3 is 2.86 bits per heavy atom. The first-order valence-electron chi connectivity index (χ1n) is 9.26. The van der Waals surface area contributed by atoms with E-state index in [9.17, 15) is 19.7 Å². The number of nitrogens with zero attached hydrogens (tertiary/aromatic N) is 5. The van der Waals surface area contributed by atoms with Gasteiger partial charge in [-0.15, -0.1) is 0 Å². The number of nitro groups is 1. The van der Waals surface area contributed by atoms with E-state index in [4.69, 9.17) is 0 Å². The molecule has 10 nitrogen and oxygen atoms in total. The fraction of sp³-hybridized carbons (Fsp3) is 0.368. The summed E-state index contributed by atoms with van der Waals surface area (Å²) in [5, 5.41) is 18.3. The summed E-state index contributed by atoms with van der Waals surface area (Å²) in [7, 11) is 0. The molecule has 0 fully saturated rings. The Hall–Kier alpha value is -3.56. The predicted molar refractivity (Wildman–Crippen MR) is 106 cm³/mol. The number of non-ortho nitro benzene ring substituents is 1. The highest BCUT2D eigenvalue weighted by Gasteiger charge is 2.12. The Balaban J connectivity index is 1.74. The van der Waals surface area contributed by atoms with Crippen molar-refractivity contribution in [3.05, 3.63) is 62.8 Å². The lowest BCUT2D eigenvalue weighted by atomic mass is 10.1. The predicted octanol–water partition coefficient (Wildman–Crippen LogP) is 1.71. The van der Waals surface area contributed by atoms with Crippen LogP contribution < -0.4 is 10.9 Å². The quantitative estimate of drug-likeness (QED) is 0.455. The number of benzene rings is 1. The van der Waals surface area contributed by atoms with Crippen LogP contribution in [0.15, 0.2) is 41.6 Å². The summed E-state index contributed by atoms with van der Waals surface area (Å²) < 4.78 is 2.96. The molecule has 10 heteroatoms. The topological polar surface area (TPSA) is 125 Å². The van der Waals surface area contributed by atoms with Crippen molar-refractivity contribution in [2.24, 2.45) is 5.92 Å². The van der Waals surface area contributed by atoms with Crippen LogP contribution in [0.3, 0.4) is 0 Å². The molecule has 0 spiro atoms. The molecule has 0 aliphatic rings. The number of rotatable bonds is 8.